The molecule has 2 aromatic rings. The molecule has 0 aromatic heterocycles. The van der Waals surface area contributed by atoms with Gasteiger partial charge in [0.25, 0.3) is 5.91 Å². The lowest BCUT2D eigenvalue weighted by atomic mass is 10.0. The van der Waals surface area contributed by atoms with Crippen LogP contribution in [0.2, 0.25) is 0 Å². The molecule has 0 aliphatic carbocycles. The second-order valence-corrected chi connectivity index (χ2v) is 7.69. The van der Waals surface area contributed by atoms with Crippen LogP contribution >= 0.6 is 0 Å². The van der Waals surface area contributed by atoms with E-state index >= 15 is 0 Å². The highest BCUT2D eigenvalue weighted by Crippen LogP contribution is 2.28. The van der Waals surface area contributed by atoms with Crippen LogP contribution in [0.25, 0.3) is 0 Å². The molecular formula is C24H33N3O3. The molecule has 0 unspecified atom stereocenters. The Morgan fingerprint density at radius 3 is 2.60 bits per heavy atom. The molecule has 0 saturated carbocycles. The molecule has 2 atom stereocenters. The first-order valence-corrected chi connectivity index (χ1v) is 10.6. The summed E-state index contributed by atoms with van der Waals surface area (Å²) < 4.78 is 10.8. The maximum atomic E-state index is 12.1. The minimum Gasteiger partial charge on any atom is -0.366 e. The number of nitrogens with zero attached hydrogens (tertiary/aromatic N) is 2. The molecule has 162 valence electrons. The Morgan fingerprint density at radius 1 is 1.20 bits per heavy atom. The average Bonchev–Trinajstić information content (AvgIpc) is 3.24. The molecule has 1 heterocycles. The third-order valence-electron chi connectivity index (χ3n) is 5.61. The predicted octanol–water partition coefficient (Wildman–Crippen LogP) is 3.31. The Labute approximate surface area is 179 Å². The minimum absolute atomic E-state index is 0.0366. The number of rotatable bonds is 10. The van der Waals surface area contributed by atoms with Gasteiger partial charge in [-0.1, -0.05) is 30.3 Å². The van der Waals surface area contributed by atoms with Gasteiger partial charge in [-0.3, -0.25) is 9.69 Å². The molecule has 1 fully saturated rings. The fourth-order valence-electron chi connectivity index (χ4n) is 3.93. The molecule has 2 aromatic carbocycles. The van der Waals surface area contributed by atoms with Crippen molar-refractivity contribution in [3.63, 3.8) is 0 Å². The average molecular weight is 412 g/mol. The first kappa shape index (κ1) is 22.3. The van der Waals surface area contributed by atoms with E-state index in [9.17, 15) is 4.79 Å². The van der Waals surface area contributed by atoms with E-state index in [-0.39, 0.29) is 18.1 Å². The Balaban J connectivity index is 1.73. The molecule has 30 heavy (non-hydrogen) atoms. The standard InChI is InChI=1S/C24H33N3O3/c1-4-25-24(28)20-10-12-21(13-11-20)26(2)23(19-8-6-5-7-9-19)17-27-15-14-22(16-27)30-18-29-3/h5-13,22-23H,4,14-18H2,1-3H3,(H,25,28)/t22-,23+/m0/s1. The van der Waals surface area contributed by atoms with Crippen molar-refractivity contribution in [2.75, 3.05) is 52.0 Å². The summed E-state index contributed by atoms with van der Waals surface area (Å²) in [5.41, 5.74) is 3.04. The van der Waals surface area contributed by atoms with Crippen LogP contribution in [0.1, 0.15) is 35.3 Å². The van der Waals surface area contributed by atoms with Gasteiger partial charge in [0.1, 0.15) is 6.79 Å². The van der Waals surface area contributed by atoms with Gasteiger partial charge in [-0.2, -0.15) is 0 Å². The van der Waals surface area contributed by atoms with Crippen molar-refractivity contribution < 1.29 is 14.3 Å². The van der Waals surface area contributed by atoms with E-state index in [2.05, 4.69) is 46.4 Å². The highest BCUT2D eigenvalue weighted by atomic mass is 16.7. The van der Waals surface area contributed by atoms with Gasteiger partial charge in [-0.05, 0) is 43.2 Å². The zero-order valence-corrected chi connectivity index (χ0v) is 18.2. The summed E-state index contributed by atoms with van der Waals surface area (Å²) in [5, 5.41) is 2.85. The summed E-state index contributed by atoms with van der Waals surface area (Å²) in [4.78, 5) is 16.8. The number of hydrogen-bond donors (Lipinski definition) is 1. The van der Waals surface area contributed by atoms with Crippen LogP contribution in [0.3, 0.4) is 0 Å². The lowest BCUT2D eigenvalue weighted by Crippen LogP contribution is -2.36. The Morgan fingerprint density at radius 2 is 1.93 bits per heavy atom. The van der Waals surface area contributed by atoms with E-state index in [0.29, 0.717) is 18.9 Å². The van der Waals surface area contributed by atoms with E-state index in [1.54, 1.807) is 7.11 Å². The summed E-state index contributed by atoms with van der Waals surface area (Å²) in [6, 6.07) is 18.6. The summed E-state index contributed by atoms with van der Waals surface area (Å²) in [7, 11) is 3.78. The predicted molar refractivity (Wildman–Crippen MR) is 120 cm³/mol. The largest absolute Gasteiger partial charge is 0.366 e. The highest BCUT2D eigenvalue weighted by molar-refractivity contribution is 5.94. The summed E-state index contributed by atoms with van der Waals surface area (Å²) in [6.45, 7) is 5.73. The lowest BCUT2D eigenvalue weighted by Gasteiger charge is -2.33. The molecule has 1 N–H and O–H groups in total. The monoisotopic (exact) mass is 411 g/mol. The lowest BCUT2D eigenvalue weighted by molar-refractivity contribution is -0.0671. The quantitative estimate of drug-likeness (QED) is 0.608. The molecule has 1 aliphatic rings. The fraction of sp³-hybridized carbons (Fsp3) is 0.458. The highest BCUT2D eigenvalue weighted by Gasteiger charge is 2.27. The van der Waals surface area contributed by atoms with Crippen LogP contribution < -0.4 is 10.2 Å². The molecular weight excluding hydrogens is 378 g/mol. The van der Waals surface area contributed by atoms with Gasteiger partial charge < -0.3 is 19.7 Å². The number of anilines is 1. The second kappa shape index (κ2) is 11.1. The smallest absolute Gasteiger partial charge is 0.251 e. The van der Waals surface area contributed by atoms with E-state index in [1.165, 1.54) is 5.56 Å². The maximum Gasteiger partial charge on any atom is 0.251 e. The second-order valence-electron chi connectivity index (χ2n) is 7.69. The summed E-state index contributed by atoms with van der Waals surface area (Å²) in [5.74, 6) is -0.0366. The van der Waals surface area contributed by atoms with Gasteiger partial charge in [0.2, 0.25) is 0 Å². The van der Waals surface area contributed by atoms with Gasteiger partial charge in [0, 0.05) is 51.6 Å². The van der Waals surface area contributed by atoms with Crippen molar-refractivity contribution >= 4 is 11.6 Å². The Kier molecular flexibility index (Phi) is 8.25. The summed E-state index contributed by atoms with van der Waals surface area (Å²) >= 11 is 0. The molecule has 1 amide bonds. The topological polar surface area (TPSA) is 54.0 Å². The van der Waals surface area contributed by atoms with Crippen molar-refractivity contribution in [1.29, 1.82) is 0 Å². The van der Waals surface area contributed by atoms with Crippen LogP contribution in [0.4, 0.5) is 5.69 Å². The number of carbonyl (C=O) groups excluding carboxylic acids is 1. The number of amides is 1. The van der Waals surface area contributed by atoms with Gasteiger partial charge in [0.05, 0.1) is 12.1 Å². The number of likely N-dealkylation sites (N-methyl/N-ethyl adjacent to an activating group) is 1. The normalized spacial score (nSPS) is 17.6. The first-order valence-electron chi connectivity index (χ1n) is 10.6. The summed E-state index contributed by atoms with van der Waals surface area (Å²) in [6.07, 6.45) is 1.25. The van der Waals surface area contributed by atoms with E-state index in [0.717, 1.165) is 31.7 Å². The van der Waals surface area contributed by atoms with Gasteiger partial charge >= 0.3 is 0 Å². The van der Waals surface area contributed by atoms with Crippen LogP contribution in [-0.2, 0) is 9.47 Å². The fourth-order valence-corrected chi connectivity index (χ4v) is 3.93. The number of likely N-dealkylation sites (tertiary alicyclic amines) is 1. The number of benzene rings is 2. The molecule has 0 bridgehead atoms. The van der Waals surface area contributed by atoms with Gasteiger partial charge in [-0.25, -0.2) is 0 Å². The molecule has 1 aliphatic heterocycles. The van der Waals surface area contributed by atoms with E-state index in [1.807, 2.05) is 37.3 Å². The Bertz CT molecular complexity index is 782. The van der Waals surface area contributed by atoms with Crippen LogP contribution in [-0.4, -0.2) is 64.0 Å². The van der Waals surface area contributed by atoms with E-state index in [4.69, 9.17) is 9.47 Å². The van der Waals surface area contributed by atoms with Crippen molar-refractivity contribution in [2.45, 2.75) is 25.5 Å². The molecule has 0 radical (unpaired) electrons. The zero-order chi connectivity index (χ0) is 21.3. The molecule has 1 saturated heterocycles. The number of methoxy groups -OCH3 is 1. The molecule has 6 nitrogen and oxygen atoms in total. The number of ether oxygens (including phenoxy) is 2. The minimum atomic E-state index is -0.0366. The Hall–Kier alpha value is -2.41. The van der Waals surface area contributed by atoms with Crippen molar-refractivity contribution in [3.05, 3.63) is 65.7 Å². The molecule has 6 heteroatoms. The van der Waals surface area contributed by atoms with Gasteiger partial charge in [0.15, 0.2) is 0 Å². The maximum absolute atomic E-state index is 12.1. The number of nitrogens with one attached hydrogen (secondary N) is 1. The third kappa shape index (κ3) is 5.81. The van der Waals surface area contributed by atoms with Crippen LogP contribution in [0.15, 0.2) is 54.6 Å². The SMILES string of the molecule is CCNC(=O)c1ccc(N(C)[C@H](CN2CC[C@H](OCOC)C2)c2ccccc2)cc1. The third-order valence-corrected chi connectivity index (χ3v) is 5.61. The molecule has 0 spiro atoms. The number of hydrogen-bond acceptors (Lipinski definition) is 5. The first-order chi connectivity index (χ1) is 14.6. The van der Waals surface area contributed by atoms with Crippen LogP contribution in [0, 0.1) is 0 Å². The van der Waals surface area contributed by atoms with Crippen LogP contribution in [0.5, 0.6) is 0 Å². The van der Waals surface area contributed by atoms with Crippen molar-refractivity contribution in [2.24, 2.45) is 0 Å². The van der Waals surface area contributed by atoms with E-state index < -0.39 is 0 Å². The number of carbonyl (C=O) groups is 1. The molecule has 3 rings (SSSR count). The van der Waals surface area contributed by atoms with Crippen molar-refractivity contribution in [3.8, 4) is 0 Å². The zero-order valence-electron chi connectivity index (χ0n) is 18.2. The van der Waals surface area contributed by atoms with Crippen molar-refractivity contribution in [1.82, 2.24) is 10.2 Å². The van der Waals surface area contributed by atoms with Gasteiger partial charge in [-0.15, -0.1) is 0 Å².